The Hall–Kier alpha value is -0.740. The molecular weight excluding hydrogens is 294 g/mol. The second-order valence-electron chi connectivity index (χ2n) is 5.96. The first-order valence-corrected chi connectivity index (χ1v) is 6.91. The molecule has 18 heavy (non-hydrogen) atoms. The third-order valence-corrected chi connectivity index (χ3v) is 3.73. The Morgan fingerprint density at radius 3 is 2.50 bits per heavy atom. The van der Waals surface area contributed by atoms with Crippen LogP contribution in [0, 0.1) is 0 Å². The third kappa shape index (κ3) is 2.81. The van der Waals surface area contributed by atoms with Gasteiger partial charge in [0.2, 0.25) is 0 Å². The van der Waals surface area contributed by atoms with Crippen LogP contribution in [0.1, 0.15) is 34.1 Å². The van der Waals surface area contributed by atoms with Crippen molar-refractivity contribution in [2.75, 3.05) is 5.73 Å². The maximum Gasteiger partial charge on any atom is 0.142 e. The number of nitrogen functional groups attached to an aromatic ring is 1. The largest absolute Gasteiger partial charge is 0.485 e. The highest BCUT2D eigenvalue weighted by molar-refractivity contribution is 9.10. The van der Waals surface area contributed by atoms with Crippen molar-refractivity contribution in [3.05, 3.63) is 22.7 Å². The summed E-state index contributed by atoms with van der Waals surface area (Å²) in [6.45, 7) is 8.29. The maximum absolute atomic E-state index is 6.04. The minimum Gasteiger partial charge on any atom is -0.485 e. The Labute approximate surface area is 117 Å². The van der Waals surface area contributed by atoms with Gasteiger partial charge < -0.3 is 15.2 Å². The summed E-state index contributed by atoms with van der Waals surface area (Å²) in [5.74, 6) is 0.720. The van der Waals surface area contributed by atoms with E-state index in [1.54, 1.807) is 0 Å². The van der Waals surface area contributed by atoms with Crippen LogP contribution in [-0.2, 0) is 4.74 Å². The zero-order valence-corrected chi connectivity index (χ0v) is 12.9. The molecular formula is C14H20BrNO2. The Morgan fingerprint density at radius 1 is 1.33 bits per heavy atom. The molecule has 0 saturated carbocycles. The number of ether oxygens (including phenoxy) is 2. The van der Waals surface area contributed by atoms with Gasteiger partial charge in [0.05, 0.1) is 11.3 Å². The molecule has 100 valence electrons. The van der Waals surface area contributed by atoms with Crippen molar-refractivity contribution < 1.29 is 9.47 Å². The van der Waals surface area contributed by atoms with Crippen molar-refractivity contribution in [2.24, 2.45) is 0 Å². The van der Waals surface area contributed by atoms with Crippen LogP contribution in [0.2, 0.25) is 0 Å². The Kier molecular flexibility index (Phi) is 3.36. The fourth-order valence-corrected chi connectivity index (χ4v) is 2.85. The zero-order valence-electron chi connectivity index (χ0n) is 11.3. The van der Waals surface area contributed by atoms with Crippen LogP contribution >= 0.6 is 15.9 Å². The quantitative estimate of drug-likeness (QED) is 0.846. The van der Waals surface area contributed by atoms with E-state index in [1.807, 2.05) is 18.2 Å². The second kappa shape index (κ2) is 4.42. The van der Waals surface area contributed by atoms with E-state index in [0.29, 0.717) is 5.69 Å². The van der Waals surface area contributed by atoms with Gasteiger partial charge in [0.1, 0.15) is 17.5 Å². The van der Waals surface area contributed by atoms with E-state index in [4.69, 9.17) is 15.2 Å². The summed E-state index contributed by atoms with van der Waals surface area (Å²) in [4.78, 5) is 0. The first-order chi connectivity index (χ1) is 8.20. The van der Waals surface area contributed by atoms with Gasteiger partial charge in [0.15, 0.2) is 0 Å². The smallest absolute Gasteiger partial charge is 0.142 e. The minimum atomic E-state index is -0.303. The van der Waals surface area contributed by atoms with E-state index in [1.165, 1.54) is 0 Å². The number of nitrogens with two attached hydrogens (primary N) is 1. The topological polar surface area (TPSA) is 44.5 Å². The number of hydrogen-bond donors (Lipinski definition) is 1. The minimum absolute atomic E-state index is 0.0102. The lowest BCUT2D eigenvalue weighted by molar-refractivity contribution is -0.0845. The Balaban J connectivity index is 2.19. The number of hydrogen-bond acceptors (Lipinski definition) is 3. The highest BCUT2D eigenvalue weighted by atomic mass is 79.9. The molecule has 0 spiro atoms. The standard InChI is InChI=1S/C14H20BrNO2/c1-13(2)8-12(14(3,4)18-13)17-11-6-5-9(15)7-10(11)16/h5-7,12H,8,16H2,1-4H3. The molecule has 1 aliphatic heterocycles. The molecule has 0 radical (unpaired) electrons. The van der Waals surface area contributed by atoms with Crippen molar-refractivity contribution >= 4 is 21.6 Å². The number of anilines is 1. The monoisotopic (exact) mass is 313 g/mol. The molecule has 0 amide bonds. The summed E-state index contributed by atoms with van der Waals surface area (Å²) in [5.41, 5.74) is 6.15. The van der Waals surface area contributed by atoms with Crippen molar-refractivity contribution in [2.45, 2.75) is 51.4 Å². The summed E-state index contributed by atoms with van der Waals surface area (Å²) >= 11 is 3.39. The van der Waals surface area contributed by atoms with Gasteiger partial charge in [-0.05, 0) is 45.9 Å². The summed E-state index contributed by atoms with van der Waals surface area (Å²) in [6, 6.07) is 5.67. The molecule has 1 fully saturated rings. The van der Waals surface area contributed by atoms with Gasteiger partial charge in [-0.2, -0.15) is 0 Å². The van der Waals surface area contributed by atoms with Crippen molar-refractivity contribution in [3.63, 3.8) is 0 Å². The lowest BCUT2D eigenvalue weighted by Crippen LogP contribution is -2.36. The van der Waals surface area contributed by atoms with Gasteiger partial charge >= 0.3 is 0 Å². The van der Waals surface area contributed by atoms with Crippen molar-refractivity contribution in [1.29, 1.82) is 0 Å². The van der Waals surface area contributed by atoms with Gasteiger partial charge in [0.25, 0.3) is 0 Å². The van der Waals surface area contributed by atoms with Crippen molar-refractivity contribution in [1.82, 2.24) is 0 Å². The molecule has 2 rings (SSSR count). The van der Waals surface area contributed by atoms with Crippen LogP contribution in [0.4, 0.5) is 5.69 Å². The van der Waals surface area contributed by atoms with Gasteiger partial charge in [-0.25, -0.2) is 0 Å². The molecule has 3 nitrogen and oxygen atoms in total. The predicted octanol–water partition coefficient (Wildman–Crippen LogP) is 3.76. The van der Waals surface area contributed by atoms with Crippen LogP contribution in [-0.4, -0.2) is 17.3 Å². The van der Waals surface area contributed by atoms with Crippen LogP contribution < -0.4 is 10.5 Å². The Bertz CT molecular complexity index is 457. The average molecular weight is 314 g/mol. The van der Waals surface area contributed by atoms with Gasteiger partial charge in [-0.3, -0.25) is 0 Å². The van der Waals surface area contributed by atoms with E-state index in [9.17, 15) is 0 Å². The molecule has 1 saturated heterocycles. The summed E-state index contributed by atoms with van der Waals surface area (Å²) in [6.07, 6.45) is 0.867. The molecule has 1 aliphatic rings. The van der Waals surface area contributed by atoms with Gasteiger partial charge in [0, 0.05) is 10.9 Å². The number of benzene rings is 1. The molecule has 1 heterocycles. The number of rotatable bonds is 2. The van der Waals surface area contributed by atoms with Crippen LogP contribution in [0.5, 0.6) is 5.75 Å². The fourth-order valence-electron chi connectivity index (χ4n) is 2.48. The summed E-state index contributed by atoms with van der Waals surface area (Å²) < 4.78 is 13.0. The van der Waals surface area contributed by atoms with Gasteiger partial charge in [-0.1, -0.05) is 15.9 Å². The van der Waals surface area contributed by atoms with Crippen LogP contribution in [0.15, 0.2) is 22.7 Å². The molecule has 0 aromatic heterocycles. The first-order valence-electron chi connectivity index (χ1n) is 6.11. The Morgan fingerprint density at radius 2 is 2.00 bits per heavy atom. The molecule has 1 aromatic carbocycles. The normalized spacial score (nSPS) is 25.1. The highest BCUT2D eigenvalue weighted by Gasteiger charge is 2.47. The lowest BCUT2D eigenvalue weighted by atomic mass is 9.97. The highest BCUT2D eigenvalue weighted by Crippen LogP contribution is 2.40. The van der Waals surface area contributed by atoms with E-state index in [2.05, 4.69) is 43.6 Å². The fraction of sp³-hybridized carbons (Fsp3) is 0.571. The van der Waals surface area contributed by atoms with E-state index < -0.39 is 0 Å². The average Bonchev–Trinajstić information content (AvgIpc) is 2.39. The molecule has 0 aliphatic carbocycles. The van der Waals surface area contributed by atoms with E-state index in [0.717, 1.165) is 16.6 Å². The summed E-state index contributed by atoms with van der Waals surface area (Å²) in [7, 11) is 0. The molecule has 1 unspecified atom stereocenters. The molecule has 2 N–H and O–H groups in total. The van der Waals surface area contributed by atoms with E-state index >= 15 is 0 Å². The predicted molar refractivity (Wildman–Crippen MR) is 76.8 cm³/mol. The van der Waals surface area contributed by atoms with Gasteiger partial charge in [-0.15, -0.1) is 0 Å². The molecule has 4 heteroatoms. The SMILES string of the molecule is CC1(C)CC(Oc2ccc(Br)cc2N)C(C)(C)O1. The molecule has 0 bridgehead atoms. The van der Waals surface area contributed by atoms with Crippen LogP contribution in [0.3, 0.4) is 0 Å². The molecule has 1 atom stereocenters. The summed E-state index contributed by atoms with van der Waals surface area (Å²) in [5, 5.41) is 0. The van der Waals surface area contributed by atoms with Crippen molar-refractivity contribution in [3.8, 4) is 5.75 Å². The zero-order chi connectivity index (χ0) is 13.6. The number of halogens is 1. The van der Waals surface area contributed by atoms with Crippen LogP contribution in [0.25, 0.3) is 0 Å². The maximum atomic E-state index is 6.04. The second-order valence-corrected chi connectivity index (χ2v) is 6.87. The third-order valence-electron chi connectivity index (χ3n) is 3.23. The van der Waals surface area contributed by atoms with E-state index in [-0.39, 0.29) is 17.3 Å². The lowest BCUT2D eigenvalue weighted by Gasteiger charge is -2.27. The first kappa shape index (κ1) is 13.7. The molecule has 1 aromatic rings.